The van der Waals surface area contributed by atoms with Gasteiger partial charge >= 0.3 is 5.97 Å². The summed E-state index contributed by atoms with van der Waals surface area (Å²) in [5.41, 5.74) is 6.10. The van der Waals surface area contributed by atoms with Gasteiger partial charge in [-0.25, -0.2) is 0 Å². The van der Waals surface area contributed by atoms with Crippen molar-refractivity contribution >= 4 is 5.97 Å². The Morgan fingerprint density at radius 2 is 1.94 bits per heavy atom. The van der Waals surface area contributed by atoms with Crippen LogP contribution >= 0.6 is 0 Å². The number of hydrogen-bond donors (Lipinski definition) is 3. The van der Waals surface area contributed by atoms with E-state index in [9.17, 15) is 9.90 Å². The van der Waals surface area contributed by atoms with Crippen LogP contribution in [0.25, 0.3) is 0 Å². The number of aliphatic hydroxyl groups excluding tert-OH is 1. The zero-order valence-electron chi connectivity index (χ0n) is 20.9. The van der Waals surface area contributed by atoms with Gasteiger partial charge in [0.25, 0.3) is 0 Å². The second-order valence-corrected chi connectivity index (χ2v) is 12.3. The zero-order valence-corrected chi connectivity index (χ0v) is 20.9. The molecule has 4 N–H and O–H groups in total. The van der Waals surface area contributed by atoms with Crippen LogP contribution in [-0.2, 0) is 9.53 Å². The summed E-state index contributed by atoms with van der Waals surface area (Å²) in [7, 11) is 1.48. The van der Waals surface area contributed by atoms with Crippen molar-refractivity contribution in [2.24, 2.45) is 52.1 Å². The minimum Gasteiger partial charge on any atom is -0.469 e. The molecule has 0 saturated heterocycles. The summed E-state index contributed by atoms with van der Waals surface area (Å²) in [5, 5.41) is 15.4. The minimum atomic E-state index is -0.217. The molecule has 0 aliphatic heterocycles. The van der Waals surface area contributed by atoms with Gasteiger partial charge < -0.3 is 20.9 Å². The summed E-state index contributed by atoms with van der Waals surface area (Å²) >= 11 is 0. The highest BCUT2D eigenvalue weighted by Gasteiger charge is 2.63. The Kier molecular flexibility index (Phi) is 7.30. The average molecular weight is 449 g/mol. The molecule has 4 fully saturated rings. The molecule has 0 radical (unpaired) electrons. The minimum absolute atomic E-state index is 0.000215. The second kappa shape index (κ2) is 9.54. The monoisotopic (exact) mass is 448 g/mol. The fraction of sp³-hybridized carbons (Fsp3) is 0.963. The van der Waals surface area contributed by atoms with E-state index >= 15 is 0 Å². The molecule has 4 aliphatic carbocycles. The van der Waals surface area contributed by atoms with E-state index in [4.69, 9.17) is 10.5 Å². The van der Waals surface area contributed by atoms with Gasteiger partial charge in [-0.3, -0.25) is 4.79 Å². The van der Waals surface area contributed by atoms with Gasteiger partial charge in [0, 0.05) is 25.6 Å². The van der Waals surface area contributed by atoms with Crippen molar-refractivity contribution in [3.8, 4) is 0 Å². The van der Waals surface area contributed by atoms with E-state index in [1.807, 2.05) is 0 Å². The average Bonchev–Trinajstić information content (AvgIpc) is 3.15. The van der Waals surface area contributed by atoms with Gasteiger partial charge in [0.15, 0.2) is 0 Å². The van der Waals surface area contributed by atoms with Crippen LogP contribution in [0, 0.1) is 46.3 Å². The first-order chi connectivity index (χ1) is 15.3. The number of hydrogen-bond acceptors (Lipinski definition) is 5. The third-order valence-corrected chi connectivity index (χ3v) is 11.1. The summed E-state index contributed by atoms with van der Waals surface area (Å²) in [6.45, 7) is 8.90. The normalized spacial score (nSPS) is 46.6. The van der Waals surface area contributed by atoms with E-state index < -0.39 is 0 Å². The van der Waals surface area contributed by atoms with Gasteiger partial charge in [-0.2, -0.15) is 0 Å². The molecule has 5 nitrogen and oxygen atoms in total. The molecule has 0 amide bonds. The summed E-state index contributed by atoms with van der Waals surface area (Å²) < 4.78 is 4.88. The number of carbonyl (C=O) groups is 1. The topological polar surface area (TPSA) is 84.6 Å². The lowest BCUT2D eigenvalue weighted by atomic mass is 9.43. The van der Waals surface area contributed by atoms with E-state index in [2.05, 4.69) is 26.1 Å². The van der Waals surface area contributed by atoms with Crippen LogP contribution in [0.4, 0.5) is 0 Å². The van der Waals surface area contributed by atoms with Crippen LogP contribution < -0.4 is 11.1 Å². The molecule has 0 bridgehead atoms. The number of aliphatic hydroxyl groups is 1. The van der Waals surface area contributed by atoms with Crippen LogP contribution in [0.15, 0.2) is 0 Å². The van der Waals surface area contributed by atoms with Gasteiger partial charge in [0.2, 0.25) is 0 Å². The van der Waals surface area contributed by atoms with Crippen molar-refractivity contribution in [2.45, 2.75) is 97.1 Å². The predicted molar refractivity (Wildman–Crippen MR) is 128 cm³/mol. The van der Waals surface area contributed by atoms with Gasteiger partial charge in [0.1, 0.15) is 0 Å². The summed E-state index contributed by atoms with van der Waals surface area (Å²) in [6.07, 6.45) is 11.1. The van der Waals surface area contributed by atoms with Crippen LogP contribution in [-0.4, -0.2) is 43.4 Å². The smallest absolute Gasteiger partial charge is 0.305 e. The van der Waals surface area contributed by atoms with E-state index in [-0.39, 0.29) is 17.5 Å². The summed E-state index contributed by atoms with van der Waals surface area (Å²) in [4.78, 5) is 11.7. The molecule has 4 unspecified atom stereocenters. The van der Waals surface area contributed by atoms with Gasteiger partial charge in [-0.15, -0.1) is 0 Å². The largest absolute Gasteiger partial charge is 0.469 e. The lowest BCUT2D eigenvalue weighted by Crippen LogP contribution is -2.59. The molecule has 4 saturated carbocycles. The maximum atomic E-state index is 11.7. The van der Waals surface area contributed by atoms with E-state index in [1.165, 1.54) is 52.1 Å². The molecule has 32 heavy (non-hydrogen) atoms. The number of carbonyl (C=O) groups excluding carboxylic acids is 1. The van der Waals surface area contributed by atoms with Crippen molar-refractivity contribution in [3.05, 3.63) is 0 Å². The summed E-state index contributed by atoms with van der Waals surface area (Å²) in [5.74, 6) is 3.68. The quantitative estimate of drug-likeness (QED) is 0.510. The van der Waals surface area contributed by atoms with Crippen molar-refractivity contribution in [3.63, 3.8) is 0 Å². The number of nitrogens with two attached hydrogens (primary N) is 1. The molecule has 10 atom stereocenters. The molecule has 0 aromatic heterocycles. The third kappa shape index (κ3) is 4.05. The Hall–Kier alpha value is -0.650. The third-order valence-electron chi connectivity index (χ3n) is 11.1. The van der Waals surface area contributed by atoms with Crippen LogP contribution in [0.3, 0.4) is 0 Å². The number of ether oxygens (including phenoxy) is 1. The second-order valence-electron chi connectivity index (χ2n) is 12.3. The van der Waals surface area contributed by atoms with Crippen LogP contribution in [0.5, 0.6) is 0 Å². The predicted octanol–water partition coefficient (Wildman–Crippen LogP) is 4.12. The highest BCUT2D eigenvalue weighted by molar-refractivity contribution is 5.69. The van der Waals surface area contributed by atoms with Crippen LogP contribution in [0.2, 0.25) is 0 Å². The molecule has 4 aliphatic rings. The summed E-state index contributed by atoms with van der Waals surface area (Å²) in [6, 6.07) is 0.624. The number of nitrogens with one attached hydrogen (secondary N) is 1. The van der Waals surface area contributed by atoms with E-state index in [0.29, 0.717) is 41.5 Å². The zero-order chi connectivity index (χ0) is 23.1. The Labute approximate surface area is 195 Å². The Bertz CT molecular complexity index is 671. The fourth-order valence-electron chi connectivity index (χ4n) is 9.30. The van der Waals surface area contributed by atoms with Gasteiger partial charge in [0.05, 0.1) is 13.2 Å². The maximum absolute atomic E-state index is 11.7. The number of methoxy groups -OCH3 is 1. The first-order valence-electron chi connectivity index (χ1n) is 13.4. The number of rotatable bonds is 7. The first kappa shape index (κ1) is 24.5. The SMILES string of the molecule is COC(=O)CC[C@@H](C)C1CCC2C3CC[C@@H]4C[C@@H](NCCN)CC[C@]4(C)C3C[C@H](O)[C@@]21C. The van der Waals surface area contributed by atoms with Crippen LogP contribution in [0.1, 0.15) is 85.0 Å². The highest BCUT2D eigenvalue weighted by Crippen LogP contribution is 2.68. The van der Waals surface area contributed by atoms with Crippen molar-refractivity contribution < 1.29 is 14.6 Å². The standard InChI is InChI=1S/C27H48N2O3/c1-17(5-10-25(31)32-4)21-8-9-22-20-7-6-18-15-19(29-14-13-28)11-12-26(18,2)23(20)16-24(30)27(21,22)3/h17-24,29-30H,5-16,28H2,1-4H3/t17-,18-,19+,20?,21?,22?,23?,24+,26+,27-/m1/s1. The molecule has 4 rings (SSSR count). The first-order valence-corrected chi connectivity index (χ1v) is 13.4. The Morgan fingerprint density at radius 1 is 1.16 bits per heavy atom. The van der Waals surface area contributed by atoms with Crippen molar-refractivity contribution in [2.75, 3.05) is 20.2 Å². The molecule has 184 valence electrons. The van der Waals surface area contributed by atoms with Gasteiger partial charge in [-0.05, 0) is 104 Å². The molecule has 0 spiro atoms. The Balaban J connectivity index is 1.48. The highest BCUT2D eigenvalue weighted by atomic mass is 16.5. The maximum Gasteiger partial charge on any atom is 0.305 e. The molecule has 0 heterocycles. The molecular formula is C27H48N2O3. The number of fused-ring (bicyclic) bond motifs is 5. The Morgan fingerprint density at radius 3 is 2.66 bits per heavy atom. The molecule has 0 aromatic rings. The van der Waals surface area contributed by atoms with E-state index in [1.54, 1.807) is 0 Å². The van der Waals surface area contributed by atoms with Gasteiger partial charge in [-0.1, -0.05) is 20.8 Å². The fourth-order valence-corrected chi connectivity index (χ4v) is 9.30. The lowest BCUT2D eigenvalue weighted by Gasteiger charge is -2.62. The molecule has 0 aromatic carbocycles. The number of esters is 1. The van der Waals surface area contributed by atoms with Crippen molar-refractivity contribution in [1.82, 2.24) is 5.32 Å². The molecular weight excluding hydrogens is 400 g/mol. The molecule has 5 heteroatoms. The van der Waals surface area contributed by atoms with Crippen molar-refractivity contribution in [1.29, 1.82) is 0 Å². The van der Waals surface area contributed by atoms with E-state index in [0.717, 1.165) is 37.8 Å². The lowest BCUT2D eigenvalue weighted by molar-refractivity contribution is -0.170.